The van der Waals surface area contributed by atoms with E-state index in [9.17, 15) is 18.3 Å². The quantitative estimate of drug-likeness (QED) is 0.856. The standard InChI is InChI=1S/C17H22N2O4S/c1-24(22,23)19-11-15-10-18(12-17(15,13-19)16(20)21)9-5-8-14-6-3-2-4-7-14/h2-8,15H,9-13H2,1H3,(H,20,21)/t15-,17-/m1/s1. The lowest BCUT2D eigenvalue weighted by Crippen LogP contribution is -2.41. The molecule has 1 aromatic rings. The number of nitrogens with zero attached hydrogens (tertiary/aromatic N) is 2. The van der Waals surface area contributed by atoms with E-state index < -0.39 is 21.4 Å². The average molecular weight is 350 g/mol. The SMILES string of the molecule is CS(=O)(=O)N1C[C@H]2CN(CC=Cc3ccccc3)C[C@@]2(C(=O)O)C1. The molecule has 2 fully saturated rings. The Morgan fingerprint density at radius 2 is 2.00 bits per heavy atom. The van der Waals surface area contributed by atoms with Gasteiger partial charge in [-0.05, 0) is 5.56 Å². The molecule has 0 amide bonds. The molecule has 130 valence electrons. The summed E-state index contributed by atoms with van der Waals surface area (Å²) in [5, 5.41) is 9.71. The molecule has 0 aromatic heterocycles. The summed E-state index contributed by atoms with van der Waals surface area (Å²) in [5.41, 5.74) is 0.122. The minimum Gasteiger partial charge on any atom is -0.481 e. The Morgan fingerprint density at radius 1 is 1.29 bits per heavy atom. The highest BCUT2D eigenvalue weighted by Crippen LogP contribution is 2.43. The molecule has 0 bridgehead atoms. The fourth-order valence-corrected chi connectivity index (χ4v) is 4.63. The number of hydrogen-bond donors (Lipinski definition) is 1. The minimum absolute atomic E-state index is 0.0741. The first-order valence-corrected chi connectivity index (χ1v) is 9.78. The molecular formula is C17H22N2O4S. The van der Waals surface area contributed by atoms with Gasteiger partial charge in [-0.2, -0.15) is 0 Å². The largest absolute Gasteiger partial charge is 0.481 e. The maximum absolute atomic E-state index is 11.9. The molecule has 2 heterocycles. The van der Waals surface area contributed by atoms with Gasteiger partial charge in [-0.25, -0.2) is 12.7 Å². The molecule has 0 radical (unpaired) electrons. The van der Waals surface area contributed by atoms with Crippen molar-refractivity contribution in [3.05, 3.63) is 42.0 Å². The van der Waals surface area contributed by atoms with Gasteiger partial charge in [-0.3, -0.25) is 9.69 Å². The summed E-state index contributed by atoms with van der Waals surface area (Å²) in [6.45, 7) is 2.03. The first-order valence-electron chi connectivity index (χ1n) is 7.94. The predicted molar refractivity (Wildman–Crippen MR) is 91.9 cm³/mol. The first-order chi connectivity index (χ1) is 11.3. The normalized spacial score (nSPS) is 28.5. The first kappa shape index (κ1) is 17.1. The third-order valence-electron chi connectivity index (χ3n) is 5.02. The summed E-state index contributed by atoms with van der Waals surface area (Å²) in [7, 11) is -3.35. The number of hydrogen-bond acceptors (Lipinski definition) is 4. The highest BCUT2D eigenvalue weighted by molar-refractivity contribution is 7.88. The highest BCUT2D eigenvalue weighted by atomic mass is 32.2. The average Bonchev–Trinajstić information content (AvgIpc) is 3.03. The van der Waals surface area contributed by atoms with Gasteiger partial charge in [0.15, 0.2) is 0 Å². The second-order valence-corrected chi connectivity index (χ2v) is 8.70. The van der Waals surface area contributed by atoms with Crippen LogP contribution in [-0.2, 0) is 14.8 Å². The summed E-state index contributed by atoms with van der Waals surface area (Å²) < 4.78 is 24.8. The monoisotopic (exact) mass is 350 g/mol. The second-order valence-electron chi connectivity index (χ2n) is 6.72. The van der Waals surface area contributed by atoms with Crippen LogP contribution in [0.25, 0.3) is 6.08 Å². The zero-order valence-corrected chi connectivity index (χ0v) is 14.4. The van der Waals surface area contributed by atoms with Crippen LogP contribution in [0, 0.1) is 11.3 Å². The van der Waals surface area contributed by atoms with Crippen LogP contribution in [0.3, 0.4) is 0 Å². The molecule has 1 N–H and O–H groups in total. The molecule has 0 aliphatic carbocycles. The van der Waals surface area contributed by atoms with Crippen molar-refractivity contribution in [1.82, 2.24) is 9.21 Å². The van der Waals surface area contributed by atoms with Gasteiger partial charge in [0.2, 0.25) is 10.0 Å². The zero-order valence-electron chi connectivity index (χ0n) is 13.6. The van der Waals surface area contributed by atoms with E-state index in [1.165, 1.54) is 4.31 Å². The number of benzene rings is 1. The predicted octanol–water partition coefficient (Wildman–Crippen LogP) is 0.978. The van der Waals surface area contributed by atoms with Gasteiger partial charge in [-0.15, -0.1) is 0 Å². The van der Waals surface area contributed by atoms with Crippen LogP contribution in [-0.4, -0.2) is 67.7 Å². The highest BCUT2D eigenvalue weighted by Gasteiger charge is 2.58. The maximum Gasteiger partial charge on any atom is 0.312 e. The fourth-order valence-electron chi connectivity index (χ4n) is 3.72. The van der Waals surface area contributed by atoms with Crippen LogP contribution in [0.5, 0.6) is 0 Å². The van der Waals surface area contributed by atoms with E-state index in [1.54, 1.807) is 0 Å². The summed E-state index contributed by atoms with van der Waals surface area (Å²) in [6.07, 6.45) is 5.19. The van der Waals surface area contributed by atoms with Gasteiger partial charge < -0.3 is 5.11 Å². The molecule has 0 saturated carbocycles. The van der Waals surface area contributed by atoms with Crippen molar-refractivity contribution in [1.29, 1.82) is 0 Å². The Morgan fingerprint density at radius 3 is 2.58 bits per heavy atom. The Hall–Kier alpha value is -1.70. The van der Waals surface area contributed by atoms with E-state index in [2.05, 4.69) is 4.90 Å². The number of fused-ring (bicyclic) bond motifs is 1. The summed E-state index contributed by atoms with van der Waals surface area (Å²) in [5.74, 6) is -1.05. The molecule has 2 aliphatic heterocycles. The molecule has 7 heteroatoms. The van der Waals surface area contributed by atoms with Crippen molar-refractivity contribution in [2.75, 3.05) is 39.0 Å². The topological polar surface area (TPSA) is 77.9 Å². The number of carbonyl (C=O) groups is 1. The van der Waals surface area contributed by atoms with Crippen LogP contribution in [0.15, 0.2) is 36.4 Å². The molecule has 3 rings (SSSR count). The van der Waals surface area contributed by atoms with Crippen molar-refractivity contribution in [3.8, 4) is 0 Å². The van der Waals surface area contributed by atoms with Crippen molar-refractivity contribution >= 4 is 22.1 Å². The summed E-state index contributed by atoms with van der Waals surface area (Å²) in [4.78, 5) is 13.9. The van der Waals surface area contributed by atoms with Crippen LogP contribution in [0.2, 0.25) is 0 Å². The molecule has 24 heavy (non-hydrogen) atoms. The third kappa shape index (κ3) is 3.24. The van der Waals surface area contributed by atoms with Crippen LogP contribution in [0.4, 0.5) is 0 Å². The molecule has 2 atom stereocenters. The van der Waals surface area contributed by atoms with E-state index >= 15 is 0 Å². The minimum atomic E-state index is -3.35. The van der Waals surface area contributed by atoms with Gasteiger partial charge >= 0.3 is 5.97 Å². The summed E-state index contributed by atoms with van der Waals surface area (Å²) >= 11 is 0. The number of aliphatic carboxylic acids is 1. The van der Waals surface area contributed by atoms with Gasteiger partial charge in [0.1, 0.15) is 0 Å². The van der Waals surface area contributed by atoms with Crippen LogP contribution >= 0.6 is 0 Å². The number of likely N-dealkylation sites (tertiary alicyclic amines) is 1. The molecule has 0 unspecified atom stereocenters. The number of sulfonamides is 1. The number of carboxylic acids is 1. The molecule has 2 saturated heterocycles. The molecule has 2 aliphatic rings. The molecule has 6 nitrogen and oxygen atoms in total. The van der Waals surface area contributed by atoms with E-state index in [-0.39, 0.29) is 12.5 Å². The zero-order chi connectivity index (χ0) is 17.4. The van der Waals surface area contributed by atoms with Crippen LogP contribution < -0.4 is 0 Å². The molecular weight excluding hydrogens is 328 g/mol. The van der Waals surface area contributed by atoms with Gasteiger partial charge in [-0.1, -0.05) is 42.5 Å². The van der Waals surface area contributed by atoms with Crippen molar-refractivity contribution in [3.63, 3.8) is 0 Å². The van der Waals surface area contributed by atoms with E-state index in [1.807, 2.05) is 42.5 Å². The Balaban J connectivity index is 1.67. The summed E-state index contributed by atoms with van der Waals surface area (Å²) in [6, 6.07) is 9.93. The van der Waals surface area contributed by atoms with Gasteiger partial charge in [0.25, 0.3) is 0 Å². The van der Waals surface area contributed by atoms with E-state index in [0.29, 0.717) is 26.2 Å². The smallest absolute Gasteiger partial charge is 0.312 e. The molecule has 0 spiro atoms. The fraction of sp³-hybridized carbons (Fsp3) is 0.471. The lowest BCUT2D eigenvalue weighted by atomic mass is 9.81. The Labute approximate surface area is 142 Å². The van der Waals surface area contributed by atoms with Gasteiger partial charge in [0.05, 0.1) is 11.7 Å². The lowest BCUT2D eigenvalue weighted by Gasteiger charge is -2.24. The maximum atomic E-state index is 11.9. The van der Waals surface area contributed by atoms with Crippen LogP contribution in [0.1, 0.15) is 5.56 Å². The number of carboxylic acid groups (broad SMARTS) is 1. The number of rotatable bonds is 5. The second kappa shape index (κ2) is 6.31. The van der Waals surface area contributed by atoms with Crippen molar-refractivity contribution in [2.24, 2.45) is 11.3 Å². The lowest BCUT2D eigenvalue weighted by molar-refractivity contribution is -0.148. The van der Waals surface area contributed by atoms with E-state index in [4.69, 9.17) is 0 Å². The Bertz CT molecular complexity index is 747. The van der Waals surface area contributed by atoms with E-state index in [0.717, 1.165) is 11.8 Å². The Kier molecular flexibility index (Phi) is 4.50. The molecule has 1 aromatic carbocycles. The van der Waals surface area contributed by atoms with Crippen molar-refractivity contribution in [2.45, 2.75) is 0 Å². The van der Waals surface area contributed by atoms with Gasteiger partial charge in [0, 0.05) is 38.6 Å². The third-order valence-corrected chi connectivity index (χ3v) is 6.23. The van der Waals surface area contributed by atoms with Crippen molar-refractivity contribution < 1.29 is 18.3 Å².